The quantitative estimate of drug-likeness (QED) is 0.390. The lowest BCUT2D eigenvalue weighted by atomic mass is 10.2. The number of fused-ring (bicyclic) bond motifs is 1. The number of hydrogen-bond acceptors (Lipinski definition) is 1. The maximum Gasteiger partial charge on any atom is 0.456 e. The number of halogens is 4. The van der Waals surface area contributed by atoms with E-state index >= 15 is 0 Å². The first kappa shape index (κ1) is 17.9. The molecule has 2 aromatic rings. The lowest BCUT2D eigenvalue weighted by Crippen LogP contribution is -3.00. The molecule has 0 spiro atoms. The van der Waals surface area contributed by atoms with Crippen LogP contribution >= 0.6 is 0 Å². The van der Waals surface area contributed by atoms with E-state index in [2.05, 4.69) is 6.92 Å². The molecule has 0 aromatic carbocycles. The van der Waals surface area contributed by atoms with Crippen molar-refractivity contribution in [1.82, 2.24) is 4.40 Å². The number of Topliss-reactive ketones (excluding diaryl/α,β-unsaturated/α-hetero) is 1. The molecule has 0 radical (unpaired) electrons. The highest BCUT2D eigenvalue weighted by Crippen LogP contribution is 2.23. The molecule has 0 unspecified atom stereocenters. The molecule has 0 fully saturated rings. The fourth-order valence-electron chi connectivity index (χ4n) is 2.26. The summed E-state index contributed by atoms with van der Waals surface area (Å²) in [7, 11) is 1.85. The second kappa shape index (κ2) is 6.76. The lowest BCUT2D eigenvalue weighted by molar-refractivity contribution is -0.678. The Balaban J connectivity index is 0.00000220. The second-order valence-corrected chi connectivity index (χ2v) is 4.76. The minimum absolute atomic E-state index is 0. The number of nitrogens with zero attached hydrogens (tertiary/aromatic N) is 2. The van der Waals surface area contributed by atoms with Gasteiger partial charge < -0.3 is 28.4 Å². The smallest absolute Gasteiger partial charge is 0.456 e. The predicted molar refractivity (Wildman–Crippen MR) is 67.6 cm³/mol. The summed E-state index contributed by atoms with van der Waals surface area (Å²) in [5.74, 6) is -1.81. The zero-order chi connectivity index (χ0) is 14.9. The molecule has 0 aliphatic heterocycles. The molecule has 2 heterocycles. The Morgan fingerprint density at radius 1 is 1.33 bits per heavy atom. The molecule has 0 aliphatic carbocycles. The first-order valence-electron chi connectivity index (χ1n) is 6.46. The third kappa shape index (κ3) is 3.56. The second-order valence-electron chi connectivity index (χ2n) is 4.76. The van der Waals surface area contributed by atoms with Gasteiger partial charge in [-0.25, -0.2) is 4.57 Å². The summed E-state index contributed by atoms with van der Waals surface area (Å²) in [4.78, 5) is 11.4. The van der Waals surface area contributed by atoms with Gasteiger partial charge in [0.05, 0.1) is 11.9 Å². The zero-order valence-electron chi connectivity index (χ0n) is 11.7. The highest BCUT2D eigenvalue weighted by atomic mass is 127. The van der Waals surface area contributed by atoms with E-state index in [1.807, 2.05) is 11.6 Å². The van der Waals surface area contributed by atoms with Gasteiger partial charge in [-0.1, -0.05) is 13.3 Å². The van der Waals surface area contributed by atoms with Crippen LogP contribution in [-0.4, -0.2) is 16.4 Å². The molecule has 2 rings (SSSR count). The number of carbonyl (C=O) groups is 1. The molecule has 21 heavy (non-hydrogen) atoms. The minimum Gasteiger partial charge on any atom is -1.00 e. The fraction of sp³-hybridized carbons (Fsp3) is 0.429. The van der Waals surface area contributed by atoms with Gasteiger partial charge in [0.15, 0.2) is 6.20 Å². The number of carbonyl (C=O) groups excluding carboxylic acids is 1. The minimum atomic E-state index is -4.85. The van der Waals surface area contributed by atoms with Crippen molar-refractivity contribution >= 4 is 11.3 Å². The number of ketones is 1. The van der Waals surface area contributed by atoms with Crippen molar-refractivity contribution < 1.29 is 46.5 Å². The van der Waals surface area contributed by atoms with Crippen LogP contribution in [-0.2, 0) is 13.5 Å². The van der Waals surface area contributed by atoms with E-state index in [1.54, 1.807) is 12.3 Å². The van der Waals surface area contributed by atoms with Crippen LogP contribution < -0.4 is 28.5 Å². The Labute approximate surface area is 137 Å². The Kier molecular flexibility index (Phi) is 5.77. The fourth-order valence-corrected chi connectivity index (χ4v) is 2.26. The molecule has 0 atom stereocenters. The largest absolute Gasteiger partial charge is 1.00 e. The van der Waals surface area contributed by atoms with Gasteiger partial charge in [0.1, 0.15) is 12.6 Å². The van der Waals surface area contributed by atoms with E-state index in [0.717, 1.165) is 25.0 Å². The van der Waals surface area contributed by atoms with E-state index in [9.17, 15) is 18.0 Å². The summed E-state index contributed by atoms with van der Waals surface area (Å²) < 4.78 is 40.9. The number of unbranched alkanes of at least 4 members (excludes halogenated alkanes) is 1. The third-order valence-corrected chi connectivity index (χ3v) is 3.34. The van der Waals surface area contributed by atoms with Gasteiger partial charge in [-0.05, 0) is 18.6 Å². The van der Waals surface area contributed by atoms with Gasteiger partial charge in [0.2, 0.25) is 5.69 Å². The highest BCUT2D eigenvalue weighted by molar-refractivity contribution is 5.99. The summed E-state index contributed by atoms with van der Waals surface area (Å²) in [6, 6.07) is 2.81. The van der Waals surface area contributed by atoms with Crippen LogP contribution in [0.4, 0.5) is 13.2 Å². The number of aromatic nitrogens is 2. The van der Waals surface area contributed by atoms with Gasteiger partial charge in [-0.15, -0.1) is 0 Å². The van der Waals surface area contributed by atoms with Crippen LogP contribution in [0.2, 0.25) is 0 Å². The van der Waals surface area contributed by atoms with E-state index < -0.39 is 12.0 Å². The van der Waals surface area contributed by atoms with Crippen LogP contribution in [0.25, 0.3) is 5.52 Å². The summed E-state index contributed by atoms with van der Waals surface area (Å²) in [6.07, 6.45) is 1.02. The average molecular weight is 412 g/mol. The Hall–Kier alpha value is -1.12. The molecule has 0 N–H and O–H groups in total. The Bertz CT molecular complexity index is 649. The summed E-state index contributed by atoms with van der Waals surface area (Å²) >= 11 is 0. The van der Waals surface area contributed by atoms with E-state index in [4.69, 9.17) is 0 Å². The molecular weight excluding hydrogens is 396 g/mol. The van der Waals surface area contributed by atoms with Crippen molar-refractivity contribution in [2.45, 2.75) is 32.4 Å². The van der Waals surface area contributed by atoms with Crippen LogP contribution in [0.3, 0.4) is 0 Å². The SMILES string of the molecule is CCCCc1c2ccc(C(=O)C(F)(F)F)n2cc[n+]1C.[I-]. The van der Waals surface area contributed by atoms with E-state index in [1.165, 1.54) is 16.7 Å². The van der Waals surface area contributed by atoms with Crippen LogP contribution in [0, 0.1) is 0 Å². The first-order chi connectivity index (χ1) is 9.36. The summed E-state index contributed by atoms with van der Waals surface area (Å²) in [5.41, 5.74) is 1.23. The normalized spacial score (nSPS) is 11.5. The number of hydrogen-bond donors (Lipinski definition) is 0. The monoisotopic (exact) mass is 412 g/mol. The molecule has 116 valence electrons. The zero-order valence-corrected chi connectivity index (χ0v) is 13.9. The van der Waals surface area contributed by atoms with Crippen LogP contribution in [0.1, 0.15) is 35.9 Å². The molecule has 0 saturated heterocycles. The lowest BCUT2D eigenvalue weighted by Gasteiger charge is -2.07. The van der Waals surface area contributed by atoms with Gasteiger partial charge >= 0.3 is 6.18 Å². The summed E-state index contributed by atoms with van der Waals surface area (Å²) in [5, 5.41) is 0. The van der Waals surface area contributed by atoms with Gasteiger partial charge in [-0.3, -0.25) is 4.79 Å². The maximum absolute atomic E-state index is 12.6. The van der Waals surface area contributed by atoms with Crippen LogP contribution in [0.15, 0.2) is 24.5 Å². The number of alkyl halides is 3. The number of aryl methyl sites for hydroxylation is 2. The predicted octanol–water partition coefficient (Wildman–Crippen LogP) is -0.145. The molecular formula is C14H16F3IN2O. The topological polar surface area (TPSA) is 25.4 Å². The van der Waals surface area contributed by atoms with E-state index in [0.29, 0.717) is 5.52 Å². The van der Waals surface area contributed by atoms with E-state index in [-0.39, 0.29) is 29.7 Å². The molecule has 7 heteroatoms. The van der Waals surface area contributed by atoms with Crippen LogP contribution in [0.5, 0.6) is 0 Å². The van der Waals surface area contributed by atoms with Gasteiger partial charge in [-0.2, -0.15) is 13.2 Å². The summed E-state index contributed by atoms with van der Waals surface area (Å²) in [6.45, 7) is 2.05. The van der Waals surface area contributed by atoms with Crippen molar-refractivity contribution in [3.63, 3.8) is 0 Å². The van der Waals surface area contributed by atoms with Gasteiger partial charge in [0, 0.05) is 6.42 Å². The molecule has 2 aromatic heterocycles. The first-order valence-corrected chi connectivity index (χ1v) is 6.46. The average Bonchev–Trinajstić information content (AvgIpc) is 2.79. The number of rotatable bonds is 4. The van der Waals surface area contributed by atoms with Crippen molar-refractivity contribution in [3.05, 3.63) is 35.9 Å². The van der Waals surface area contributed by atoms with Crippen molar-refractivity contribution in [2.75, 3.05) is 0 Å². The van der Waals surface area contributed by atoms with Crippen molar-refractivity contribution in [1.29, 1.82) is 0 Å². The Morgan fingerprint density at radius 3 is 2.57 bits per heavy atom. The maximum atomic E-state index is 12.6. The standard InChI is InChI=1S/C14H16F3N2O.HI/c1-3-4-5-10-11-6-7-12(13(20)14(15,16)17)19(11)9-8-18(10)2;/h6-9H,3-5H2,1-2H3;1H/q+1;/p-1. The molecule has 0 amide bonds. The molecule has 0 aliphatic rings. The van der Waals surface area contributed by atoms with Crippen molar-refractivity contribution in [3.8, 4) is 0 Å². The van der Waals surface area contributed by atoms with Gasteiger partial charge in [0.25, 0.3) is 5.78 Å². The molecule has 0 bridgehead atoms. The highest BCUT2D eigenvalue weighted by Gasteiger charge is 2.41. The Morgan fingerprint density at radius 2 is 2.00 bits per heavy atom. The van der Waals surface area contributed by atoms with Crippen molar-refractivity contribution in [2.24, 2.45) is 7.05 Å². The third-order valence-electron chi connectivity index (χ3n) is 3.34. The molecule has 3 nitrogen and oxygen atoms in total. The molecule has 0 saturated carbocycles.